The molecule has 3 aromatic heterocycles. The van der Waals surface area contributed by atoms with Gasteiger partial charge in [-0.1, -0.05) is 30.3 Å². The predicted molar refractivity (Wildman–Crippen MR) is 129 cm³/mol. The Labute approximate surface area is 189 Å². The minimum atomic E-state index is -0.296. The molecular weight excluding hydrogens is 416 g/mol. The summed E-state index contributed by atoms with van der Waals surface area (Å²) in [5.41, 5.74) is 5.13. The van der Waals surface area contributed by atoms with Crippen molar-refractivity contribution in [3.63, 3.8) is 0 Å². The predicted octanol–water partition coefficient (Wildman–Crippen LogP) is 4.34. The number of anilines is 1. The molecule has 0 saturated carbocycles. The summed E-state index contributed by atoms with van der Waals surface area (Å²) in [6.07, 6.45) is 3.48. The van der Waals surface area contributed by atoms with E-state index < -0.39 is 0 Å². The monoisotopic (exact) mass is 438 g/mol. The minimum Gasteiger partial charge on any atom is -0.354 e. The lowest BCUT2D eigenvalue weighted by molar-refractivity contribution is 0.251. The van der Waals surface area contributed by atoms with E-state index in [9.17, 15) is 9.59 Å². The van der Waals surface area contributed by atoms with Gasteiger partial charge in [-0.2, -0.15) is 0 Å². The second kappa shape index (κ2) is 8.51. The fourth-order valence-electron chi connectivity index (χ4n) is 3.84. The third-order valence-electron chi connectivity index (χ3n) is 5.42. The van der Waals surface area contributed by atoms with Gasteiger partial charge in [0.2, 0.25) is 0 Å². The van der Waals surface area contributed by atoms with Crippen molar-refractivity contribution >= 4 is 22.6 Å². The highest BCUT2D eigenvalue weighted by Gasteiger charge is 2.16. The van der Waals surface area contributed by atoms with E-state index in [1.54, 1.807) is 12.4 Å². The van der Waals surface area contributed by atoms with Crippen LogP contribution in [0.15, 0.2) is 83.9 Å². The molecule has 3 heterocycles. The van der Waals surface area contributed by atoms with Crippen molar-refractivity contribution in [2.45, 2.75) is 13.5 Å². The summed E-state index contributed by atoms with van der Waals surface area (Å²) in [5, 5.41) is 9.74. The molecule has 0 spiro atoms. The molecule has 0 aliphatic carbocycles. The summed E-state index contributed by atoms with van der Waals surface area (Å²) in [7, 11) is 0. The maximum Gasteiger partial charge on any atom is 0.319 e. The molecule has 0 aliphatic heterocycles. The van der Waals surface area contributed by atoms with Gasteiger partial charge < -0.3 is 15.6 Å². The number of H-pyrrole nitrogens is 2. The van der Waals surface area contributed by atoms with Crippen molar-refractivity contribution in [3.05, 3.63) is 101 Å². The molecule has 5 rings (SSSR count). The Morgan fingerprint density at radius 2 is 1.91 bits per heavy atom. The van der Waals surface area contributed by atoms with Crippen LogP contribution < -0.4 is 16.2 Å². The Morgan fingerprint density at radius 1 is 1.06 bits per heavy atom. The van der Waals surface area contributed by atoms with Gasteiger partial charge in [0.15, 0.2) is 0 Å². The van der Waals surface area contributed by atoms with Gasteiger partial charge in [-0.25, -0.2) is 9.48 Å². The lowest BCUT2D eigenvalue weighted by Crippen LogP contribution is -2.28. The first kappa shape index (κ1) is 20.3. The largest absolute Gasteiger partial charge is 0.354 e. The Kier molecular flexibility index (Phi) is 5.24. The van der Waals surface area contributed by atoms with Crippen LogP contribution in [0.4, 0.5) is 10.5 Å². The van der Waals surface area contributed by atoms with E-state index in [-0.39, 0.29) is 11.6 Å². The zero-order valence-corrected chi connectivity index (χ0v) is 17.9. The number of hydrogen-bond donors (Lipinski definition) is 4. The SMILES string of the molecule is Cc1[nH]n(-c2cccc(CNC(=O)Nc3ccccc3)c2)c(=O)c1-c1cc2cnccc2[nH]1. The molecule has 33 heavy (non-hydrogen) atoms. The molecule has 0 fully saturated rings. The lowest BCUT2D eigenvalue weighted by atomic mass is 10.2. The van der Waals surface area contributed by atoms with Gasteiger partial charge in [-0.05, 0) is 48.9 Å². The normalized spacial score (nSPS) is 10.9. The van der Waals surface area contributed by atoms with Crippen LogP contribution in [0.2, 0.25) is 0 Å². The number of carbonyl (C=O) groups is 1. The first-order chi connectivity index (χ1) is 16.1. The molecule has 8 heteroatoms. The summed E-state index contributed by atoms with van der Waals surface area (Å²) in [5.74, 6) is 0. The second-order valence-corrected chi connectivity index (χ2v) is 7.74. The summed E-state index contributed by atoms with van der Waals surface area (Å²) >= 11 is 0. The van der Waals surface area contributed by atoms with Crippen LogP contribution in [0.25, 0.3) is 27.8 Å². The van der Waals surface area contributed by atoms with Gasteiger partial charge in [-0.15, -0.1) is 0 Å². The van der Waals surface area contributed by atoms with E-state index in [1.807, 2.05) is 73.7 Å². The van der Waals surface area contributed by atoms with Crippen LogP contribution in [0, 0.1) is 6.92 Å². The van der Waals surface area contributed by atoms with Gasteiger partial charge >= 0.3 is 6.03 Å². The number of nitrogens with zero attached hydrogens (tertiary/aromatic N) is 2. The number of hydrogen-bond acceptors (Lipinski definition) is 3. The summed E-state index contributed by atoms with van der Waals surface area (Å²) in [6.45, 7) is 2.19. The standard InChI is InChI=1S/C25H22N6O2/c1-16-23(22-13-18-15-26-11-10-21(18)29-22)24(32)31(30-16)20-9-5-6-17(12-20)14-27-25(33)28-19-7-3-2-4-8-19/h2-13,15,29-30H,14H2,1H3,(H2,27,28,33). The number of carbonyl (C=O) groups excluding carboxylic acids is 1. The molecule has 0 aliphatic rings. The molecule has 0 unspecified atom stereocenters. The number of aromatic amines is 2. The molecule has 0 radical (unpaired) electrons. The number of nitrogens with one attached hydrogen (secondary N) is 4. The zero-order chi connectivity index (χ0) is 22.8. The maximum atomic E-state index is 13.3. The molecule has 0 saturated heterocycles. The van der Waals surface area contributed by atoms with Crippen molar-refractivity contribution in [3.8, 4) is 16.9 Å². The number of aromatic nitrogens is 4. The quantitative estimate of drug-likeness (QED) is 0.328. The molecule has 2 aromatic carbocycles. The van der Waals surface area contributed by atoms with E-state index in [2.05, 4.69) is 25.7 Å². The van der Waals surface area contributed by atoms with Crippen LogP contribution >= 0.6 is 0 Å². The Balaban J connectivity index is 1.37. The molecule has 5 aromatic rings. The van der Waals surface area contributed by atoms with Gasteiger partial charge in [0.25, 0.3) is 5.56 Å². The number of urea groups is 1. The average molecular weight is 438 g/mol. The first-order valence-electron chi connectivity index (χ1n) is 10.5. The summed E-state index contributed by atoms with van der Waals surface area (Å²) < 4.78 is 1.52. The van der Waals surface area contributed by atoms with E-state index in [1.165, 1.54) is 4.68 Å². The molecular formula is C25H22N6O2. The van der Waals surface area contributed by atoms with E-state index in [0.717, 1.165) is 33.5 Å². The Morgan fingerprint density at radius 3 is 2.73 bits per heavy atom. The first-order valence-corrected chi connectivity index (χ1v) is 10.5. The Bertz CT molecular complexity index is 1460. The van der Waals surface area contributed by atoms with Crippen LogP contribution in [0.3, 0.4) is 0 Å². The molecule has 2 amide bonds. The molecule has 4 N–H and O–H groups in total. The topological polar surface area (TPSA) is 108 Å². The molecule has 0 bridgehead atoms. The van der Waals surface area contributed by atoms with E-state index in [4.69, 9.17) is 0 Å². The van der Waals surface area contributed by atoms with Crippen molar-refractivity contribution in [1.82, 2.24) is 25.1 Å². The van der Waals surface area contributed by atoms with Crippen LogP contribution in [-0.4, -0.2) is 25.8 Å². The van der Waals surface area contributed by atoms with Gasteiger partial charge in [0.05, 0.1) is 16.9 Å². The minimum absolute atomic E-state index is 0.154. The third-order valence-corrected chi connectivity index (χ3v) is 5.42. The smallest absolute Gasteiger partial charge is 0.319 e. The zero-order valence-electron chi connectivity index (χ0n) is 17.9. The second-order valence-electron chi connectivity index (χ2n) is 7.74. The van der Waals surface area contributed by atoms with Gasteiger partial charge in [-0.3, -0.25) is 14.9 Å². The number of amides is 2. The van der Waals surface area contributed by atoms with Gasteiger partial charge in [0.1, 0.15) is 0 Å². The van der Waals surface area contributed by atoms with E-state index >= 15 is 0 Å². The van der Waals surface area contributed by atoms with Crippen LogP contribution in [-0.2, 0) is 6.54 Å². The summed E-state index contributed by atoms with van der Waals surface area (Å²) in [4.78, 5) is 32.9. The number of aryl methyl sites for hydroxylation is 1. The van der Waals surface area contributed by atoms with Crippen molar-refractivity contribution in [1.29, 1.82) is 0 Å². The fourth-order valence-corrected chi connectivity index (χ4v) is 3.84. The highest BCUT2D eigenvalue weighted by Crippen LogP contribution is 2.24. The van der Waals surface area contributed by atoms with Gasteiger partial charge in [0, 0.05) is 41.2 Å². The molecule has 8 nitrogen and oxygen atoms in total. The third kappa shape index (κ3) is 4.14. The number of para-hydroxylation sites is 1. The van der Waals surface area contributed by atoms with Crippen LogP contribution in [0.1, 0.15) is 11.3 Å². The number of benzene rings is 2. The van der Waals surface area contributed by atoms with Crippen molar-refractivity contribution < 1.29 is 4.79 Å². The Hall–Kier alpha value is -4.59. The number of rotatable bonds is 5. The molecule has 0 atom stereocenters. The number of pyridine rings is 1. The number of fused-ring (bicyclic) bond motifs is 1. The highest BCUT2D eigenvalue weighted by atomic mass is 16.2. The molecule has 164 valence electrons. The highest BCUT2D eigenvalue weighted by molar-refractivity contribution is 5.89. The van der Waals surface area contributed by atoms with E-state index in [0.29, 0.717) is 17.8 Å². The maximum absolute atomic E-state index is 13.3. The van der Waals surface area contributed by atoms with Crippen molar-refractivity contribution in [2.24, 2.45) is 0 Å². The lowest BCUT2D eigenvalue weighted by Gasteiger charge is -2.09. The average Bonchev–Trinajstić information content (AvgIpc) is 3.38. The van der Waals surface area contributed by atoms with Crippen molar-refractivity contribution in [2.75, 3.05) is 5.32 Å². The van der Waals surface area contributed by atoms with Crippen LogP contribution in [0.5, 0.6) is 0 Å². The summed E-state index contributed by atoms with van der Waals surface area (Å²) in [6, 6.07) is 20.2. The fraction of sp³-hybridized carbons (Fsp3) is 0.0800.